The summed E-state index contributed by atoms with van der Waals surface area (Å²) in [4.78, 5) is 34.7. The van der Waals surface area contributed by atoms with E-state index in [4.69, 9.17) is 9.47 Å². The van der Waals surface area contributed by atoms with Gasteiger partial charge in [0.15, 0.2) is 5.13 Å². The Kier molecular flexibility index (Phi) is 6.71. The van der Waals surface area contributed by atoms with Crippen LogP contribution in [0.3, 0.4) is 0 Å². The highest BCUT2D eigenvalue weighted by molar-refractivity contribution is 7.13. The normalized spacial score (nSPS) is 19.9. The third-order valence-corrected chi connectivity index (χ3v) is 5.76. The molecule has 0 radical (unpaired) electrons. The minimum Gasteiger partial charge on any atom is -0.465 e. The predicted molar refractivity (Wildman–Crippen MR) is 112 cm³/mol. The summed E-state index contributed by atoms with van der Waals surface area (Å²) in [5, 5.41) is 5.33. The van der Waals surface area contributed by atoms with Crippen molar-refractivity contribution in [2.75, 3.05) is 25.5 Å². The maximum Gasteiger partial charge on any atom is 0.339 e. The van der Waals surface area contributed by atoms with Gasteiger partial charge in [-0.25, -0.2) is 9.78 Å². The number of H-pyrrole nitrogens is 1. The zero-order valence-electron chi connectivity index (χ0n) is 17.5. The zero-order chi connectivity index (χ0) is 21.1. The molecule has 2 aromatic heterocycles. The van der Waals surface area contributed by atoms with Crippen LogP contribution in [0.1, 0.15) is 58.6 Å². The van der Waals surface area contributed by atoms with Crippen LogP contribution in [0, 0.1) is 6.92 Å². The highest BCUT2D eigenvalue weighted by Crippen LogP contribution is 2.23. The SMILES string of the molecule is CCc1[nH]c(C(=O)Nc2nc(CN3C[C@H](C)O[C@@H](C)C3)cs2)c(C)c1C(=O)OC. The molecule has 0 aliphatic carbocycles. The minimum absolute atomic E-state index is 0.198. The van der Waals surface area contributed by atoms with Gasteiger partial charge in [0.2, 0.25) is 0 Å². The summed E-state index contributed by atoms with van der Waals surface area (Å²) in [7, 11) is 1.33. The number of anilines is 1. The summed E-state index contributed by atoms with van der Waals surface area (Å²) in [6, 6.07) is 0. The molecule has 0 bridgehead atoms. The second-order valence-electron chi connectivity index (χ2n) is 7.37. The quantitative estimate of drug-likeness (QED) is 0.698. The number of aryl methyl sites for hydroxylation is 1. The van der Waals surface area contributed by atoms with Crippen molar-refractivity contribution in [2.45, 2.75) is 52.9 Å². The van der Waals surface area contributed by atoms with Crippen molar-refractivity contribution in [3.05, 3.63) is 33.6 Å². The first kappa shape index (κ1) is 21.5. The summed E-state index contributed by atoms with van der Waals surface area (Å²) in [5.41, 5.74) is 2.97. The molecule has 0 spiro atoms. The van der Waals surface area contributed by atoms with Crippen LogP contribution in [0.2, 0.25) is 0 Å². The molecule has 1 fully saturated rings. The predicted octanol–water partition coefficient (Wildman–Crippen LogP) is 2.99. The molecule has 3 rings (SSSR count). The molecule has 29 heavy (non-hydrogen) atoms. The number of aromatic nitrogens is 2. The smallest absolute Gasteiger partial charge is 0.339 e. The molecule has 1 aliphatic heterocycles. The van der Waals surface area contributed by atoms with Crippen molar-refractivity contribution < 1.29 is 19.1 Å². The van der Waals surface area contributed by atoms with E-state index in [0.29, 0.717) is 34.1 Å². The van der Waals surface area contributed by atoms with Gasteiger partial charge in [-0.1, -0.05) is 6.92 Å². The number of rotatable bonds is 6. The minimum atomic E-state index is -0.444. The van der Waals surface area contributed by atoms with Gasteiger partial charge in [-0.3, -0.25) is 15.0 Å². The Bertz CT molecular complexity index is 881. The van der Waals surface area contributed by atoms with Gasteiger partial charge in [0.1, 0.15) is 5.69 Å². The summed E-state index contributed by atoms with van der Waals surface area (Å²) in [6.45, 7) is 10.2. The van der Waals surface area contributed by atoms with E-state index in [9.17, 15) is 9.59 Å². The lowest BCUT2D eigenvalue weighted by Gasteiger charge is -2.34. The van der Waals surface area contributed by atoms with Crippen molar-refractivity contribution >= 4 is 28.3 Å². The third kappa shape index (κ3) is 4.85. The topological polar surface area (TPSA) is 96.5 Å². The number of nitrogens with one attached hydrogen (secondary N) is 2. The van der Waals surface area contributed by atoms with E-state index in [1.165, 1.54) is 18.4 Å². The fourth-order valence-corrected chi connectivity index (χ4v) is 4.46. The fourth-order valence-electron chi connectivity index (χ4n) is 3.77. The number of carbonyl (C=O) groups excluding carboxylic acids is 2. The number of esters is 1. The summed E-state index contributed by atoms with van der Waals surface area (Å²) in [5.74, 6) is -0.762. The van der Waals surface area contributed by atoms with Gasteiger partial charge in [0, 0.05) is 30.7 Å². The van der Waals surface area contributed by atoms with Crippen LogP contribution in [0.25, 0.3) is 0 Å². The number of thiazole rings is 1. The van der Waals surface area contributed by atoms with Crippen LogP contribution in [-0.4, -0.2) is 59.2 Å². The first-order valence-corrected chi connectivity index (χ1v) is 10.6. The number of morpholine rings is 1. The van der Waals surface area contributed by atoms with Gasteiger partial charge in [0.05, 0.1) is 30.6 Å². The molecule has 2 N–H and O–H groups in total. The molecule has 3 heterocycles. The average molecular weight is 421 g/mol. The molecule has 2 atom stereocenters. The van der Waals surface area contributed by atoms with E-state index in [0.717, 1.165) is 25.3 Å². The lowest BCUT2D eigenvalue weighted by atomic mass is 10.1. The first-order valence-electron chi connectivity index (χ1n) is 9.75. The van der Waals surface area contributed by atoms with Crippen LogP contribution in [0.15, 0.2) is 5.38 Å². The van der Waals surface area contributed by atoms with Crippen LogP contribution in [0.4, 0.5) is 5.13 Å². The Balaban J connectivity index is 1.69. The monoisotopic (exact) mass is 420 g/mol. The molecule has 0 unspecified atom stereocenters. The second-order valence-corrected chi connectivity index (χ2v) is 8.23. The lowest BCUT2D eigenvalue weighted by Crippen LogP contribution is -2.44. The van der Waals surface area contributed by atoms with Crippen molar-refractivity contribution in [1.29, 1.82) is 0 Å². The van der Waals surface area contributed by atoms with Crippen LogP contribution >= 0.6 is 11.3 Å². The standard InChI is InChI=1S/C20H28N4O4S/c1-6-15-16(19(26)27-5)13(4)17(22-15)18(25)23-20-21-14(10-29-20)9-24-7-11(2)28-12(3)8-24/h10-12,22H,6-9H2,1-5H3,(H,21,23,25)/t11-,12-/m0/s1. The molecule has 1 amide bonds. The molecular weight excluding hydrogens is 392 g/mol. The van der Waals surface area contributed by atoms with Gasteiger partial charge in [-0.2, -0.15) is 0 Å². The summed E-state index contributed by atoms with van der Waals surface area (Å²) < 4.78 is 10.6. The Morgan fingerprint density at radius 3 is 2.69 bits per heavy atom. The average Bonchev–Trinajstić information content (AvgIpc) is 3.23. The number of hydrogen-bond donors (Lipinski definition) is 2. The highest BCUT2D eigenvalue weighted by Gasteiger charge is 2.25. The van der Waals surface area contributed by atoms with E-state index in [-0.39, 0.29) is 18.1 Å². The maximum absolute atomic E-state index is 12.8. The van der Waals surface area contributed by atoms with Crippen molar-refractivity contribution in [2.24, 2.45) is 0 Å². The van der Waals surface area contributed by atoms with Crippen LogP contribution in [0.5, 0.6) is 0 Å². The molecule has 2 aromatic rings. The number of nitrogens with zero attached hydrogens (tertiary/aromatic N) is 2. The molecule has 8 nitrogen and oxygen atoms in total. The van der Waals surface area contributed by atoms with Crippen LogP contribution in [-0.2, 0) is 22.4 Å². The van der Waals surface area contributed by atoms with Crippen molar-refractivity contribution in [3.8, 4) is 0 Å². The van der Waals surface area contributed by atoms with E-state index >= 15 is 0 Å². The number of carbonyl (C=O) groups is 2. The molecule has 0 saturated carbocycles. The maximum atomic E-state index is 12.8. The molecular formula is C20H28N4O4S. The largest absolute Gasteiger partial charge is 0.465 e. The van der Waals surface area contributed by atoms with E-state index in [1.54, 1.807) is 6.92 Å². The third-order valence-electron chi connectivity index (χ3n) is 4.95. The Labute approximate surface area is 174 Å². The van der Waals surface area contributed by atoms with Crippen LogP contribution < -0.4 is 5.32 Å². The van der Waals surface area contributed by atoms with Gasteiger partial charge >= 0.3 is 5.97 Å². The zero-order valence-corrected chi connectivity index (χ0v) is 18.3. The number of ether oxygens (including phenoxy) is 2. The first-order chi connectivity index (χ1) is 13.8. The van der Waals surface area contributed by atoms with E-state index < -0.39 is 5.97 Å². The van der Waals surface area contributed by atoms with Crippen molar-refractivity contribution in [3.63, 3.8) is 0 Å². The molecule has 1 saturated heterocycles. The second kappa shape index (κ2) is 9.06. The number of amides is 1. The number of methoxy groups -OCH3 is 1. The fraction of sp³-hybridized carbons (Fsp3) is 0.550. The molecule has 0 aromatic carbocycles. The molecule has 9 heteroatoms. The number of aromatic amines is 1. The number of hydrogen-bond acceptors (Lipinski definition) is 7. The lowest BCUT2D eigenvalue weighted by molar-refractivity contribution is -0.0707. The van der Waals surface area contributed by atoms with E-state index in [1.807, 2.05) is 12.3 Å². The van der Waals surface area contributed by atoms with Gasteiger partial charge < -0.3 is 14.5 Å². The highest BCUT2D eigenvalue weighted by atomic mass is 32.1. The van der Waals surface area contributed by atoms with Crippen molar-refractivity contribution in [1.82, 2.24) is 14.9 Å². The molecule has 158 valence electrons. The Morgan fingerprint density at radius 1 is 1.38 bits per heavy atom. The molecule has 1 aliphatic rings. The van der Waals surface area contributed by atoms with Gasteiger partial charge in [0.25, 0.3) is 5.91 Å². The Hall–Kier alpha value is -2.23. The van der Waals surface area contributed by atoms with Gasteiger partial charge in [-0.05, 0) is 32.8 Å². The van der Waals surface area contributed by atoms with E-state index in [2.05, 4.69) is 34.0 Å². The Morgan fingerprint density at radius 2 is 2.07 bits per heavy atom. The summed E-state index contributed by atoms with van der Waals surface area (Å²) in [6.07, 6.45) is 0.990. The summed E-state index contributed by atoms with van der Waals surface area (Å²) >= 11 is 1.39. The van der Waals surface area contributed by atoms with Gasteiger partial charge in [-0.15, -0.1) is 11.3 Å².